The van der Waals surface area contributed by atoms with E-state index in [0.717, 1.165) is 16.2 Å². The van der Waals surface area contributed by atoms with E-state index in [-0.39, 0.29) is 0 Å². The van der Waals surface area contributed by atoms with Gasteiger partial charge in [-0.15, -0.1) is 11.8 Å². The Kier molecular flexibility index (Phi) is 4.27. The smallest absolute Gasteiger partial charge is 0.336 e. The van der Waals surface area contributed by atoms with Crippen LogP contribution in [0.5, 0.6) is 0 Å². The minimum atomic E-state index is -0.865. The van der Waals surface area contributed by atoms with Gasteiger partial charge in [-0.25, -0.2) is 4.79 Å². The molecule has 2 nitrogen and oxygen atoms in total. The molecule has 2 aromatic carbocycles. The summed E-state index contributed by atoms with van der Waals surface area (Å²) < 4.78 is 0. The van der Waals surface area contributed by atoms with Crippen molar-refractivity contribution in [1.82, 2.24) is 0 Å². The van der Waals surface area contributed by atoms with Crippen molar-refractivity contribution in [2.24, 2.45) is 0 Å². The number of rotatable bonds is 4. The molecule has 0 aliphatic rings. The van der Waals surface area contributed by atoms with E-state index in [0.29, 0.717) is 5.56 Å². The predicted octanol–water partition coefficient (Wildman–Crippen LogP) is 4.29. The highest BCUT2D eigenvalue weighted by atomic mass is 32.2. The molecule has 0 atom stereocenters. The second kappa shape index (κ2) is 5.93. The number of carbonyl (C=O) groups is 1. The summed E-state index contributed by atoms with van der Waals surface area (Å²) in [5.74, 6) is -0.0808. The molecule has 0 saturated heterocycles. The number of carboxylic acids is 1. The molecule has 3 heteroatoms. The summed E-state index contributed by atoms with van der Waals surface area (Å²) in [4.78, 5) is 12.1. The van der Waals surface area contributed by atoms with Crippen LogP contribution in [-0.2, 0) is 5.75 Å². The molecule has 2 rings (SSSR count). The lowest BCUT2D eigenvalue weighted by atomic mass is 10.1. The molecule has 1 N–H and O–H groups in total. The Morgan fingerprint density at radius 3 is 2.58 bits per heavy atom. The monoisotopic (exact) mass is 272 g/mol. The van der Waals surface area contributed by atoms with E-state index in [9.17, 15) is 9.90 Å². The van der Waals surface area contributed by atoms with Crippen LogP contribution in [0.3, 0.4) is 0 Å². The van der Waals surface area contributed by atoms with Gasteiger partial charge < -0.3 is 5.11 Å². The zero-order valence-corrected chi connectivity index (χ0v) is 11.8. The molecule has 0 saturated carbocycles. The topological polar surface area (TPSA) is 37.3 Å². The number of hydrogen-bond acceptors (Lipinski definition) is 2. The van der Waals surface area contributed by atoms with Crippen LogP contribution in [0.25, 0.3) is 0 Å². The van der Waals surface area contributed by atoms with E-state index in [1.807, 2.05) is 19.1 Å². The molecule has 98 valence electrons. The third kappa shape index (κ3) is 3.38. The quantitative estimate of drug-likeness (QED) is 0.843. The highest BCUT2D eigenvalue weighted by Gasteiger charge is 2.12. The van der Waals surface area contributed by atoms with Gasteiger partial charge in [-0.3, -0.25) is 0 Å². The summed E-state index contributed by atoms with van der Waals surface area (Å²) in [6, 6.07) is 13.7. The van der Waals surface area contributed by atoms with Crippen LogP contribution in [0.4, 0.5) is 0 Å². The summed E-state index contributed by atoms with van der Waals surface area (Å²) in [5.41, 5.74) is 3.83. The Balaban J connectivity index is 2.22. The van der Waals surface area contributed by atoms with Crippen molar-refractivity contribution >= 4 is 17.7 Å². The van der Waals surface area contributed by atoms with Gasteiger partial charge in [0.2, 0.25) is 0 Å². The number of thioether (sulfide) groups is 1. The van der Waals surface area contributed by atoms with Crippen LogP contribution in [0.1, 0.15) is 27.0 Å². The number of aryl methyl sites for hydroxylation is 2. The highest BCUT2D eigenvalue weighted by Crippen LogP contribution is 2.29. The summed E-state index contributed by atoms with van der Waals surface area (Å²) in [7, 11) is 0. The van der Waals surface area contributed by atoms with Crippen LogP contribution in [0, 0.1) is 13.8 Å². The van der Waals surface area contributed by atoms with Gasteiger partial charge in [-0.2, -0.15) is 0 Å². The number of benzene rings is 2. The SMILES string of the molecule is Cc1cccc(CSc2c(C)cccc2C(=O)O)c1. The normalized spacial score (nSPS) is 10.4. The zero-order chi connectivity index (χ0) is 13.8. The second-order valence-electron chi connectivity index (χ2n) is 4.53. The minimum Gasteiger partial charge on any atom is -0.478 e. The van der Waals surface area contributed by atoms with Crippen LogP contribution in [-0.4, -0.2) is 11.1 Å². The second-order valence-corrected chi connectivity index (χ2v) is 5.52. The molecule has 0 aromatic heterocycles. The van der Waals surface area contributed by atoms with E-state index in [1.165, 1.54) is 11.1 Å². The lowest BCUT2D eigenvalue weighted by Gasteiger charge is -2.09. The van der Waals surface area contributed by atoms with Crippen molar-refractivity contribution in [3.8, 4) is 0 Å². The first kappa shape index (κ1) is 13.7. The van der Waals surface area contributed by atoms with Crippen molar-refractivity contribution in [2.45, 2.75) is 24.5 Å². The first-order valence-corrected chi connectivity index (χ1v) is 7.08. The Labute approximate surface area is 117 Å². The third-order valence-electron chi connectivity index (χ3n) is 2.91. The summed E-state index contributed by atoms with van der Waals surface area (Å²) in [5, 5.41) is 9.22. The maximum absolute atomic E-state index is 11.2. The lowest BCUT2D eigenvalue weighted by molar-refractivity contribution is 0.0693. The molecule has 0 aliphatic carbocycles. The fourth-order valence-electron chi connectivity index (χ4n) is 1.97. The van der Waals surface area contributed by atoms with Crippen LogP contribution >= 0.6 is 11.8 Å². The summed E-state index contributed by atoms with van der Waals surface area (Å²) >= 11 is 1.58. The molecule has 0 amide bonds. The summed E-state index contributed by atoms with van der Waals surface area (Å²) in [6.07, 6.45) is 0. The van der Waals surface area contributed by atoms with Crippen molar-refractivity contribution in [2.75, 3.05) is 0 Å². The lowest BCUT2D eigenvalue weighted by Crippen LogP contribution is -2.00. The molecular weight excluding hydrogens is 256 g/mol. The Bertz CT molecular complexity index is 605. The minimum absolute atomic E-state index is 0.387. The van der Waals surface area contributed by atoms with E-state index in [1.54, 1.807) is 23.9 Å². The summed E-state index contributed by atoms with van der Waals surface area (Å²) in [6.45, 7) is 4.01. The number of carboxylic acid groups (broad SMARTS) is 1. The van der Waals surface area contributed by atoms with Gasteiger partial charge in [0.25, 0.3) is 0 Å². The standard InChI is InChI=1S/C16H16O2S/c1-11-5-3-7-13(9-11)10-19-15-12(2)6-4-8-14(15)16(17)18/h3-9H,10H2,1-2H3,(H,17,18). The first-order chi connectivity index (χ1) is 9.08. The Hall–Kier alpha value is -1.74. The molecule has 0 heterocycles. The molecule has 0 unspecified atom stereocenters. The van der Waals surface area contributed by atoms with Crippen molar-refractivity contribution < 1.29 is 9.90 Å². The molecule has 0 bridgehead atoms. The average Bonchev–Trinajstić information content (AvgIpc) is 2.37. The number of aromatic carboxylic acids is 1. The maximum Gasteiger partial charge on any atom is 0.336 e. The van der Waals surface area contributed by atoms with E-state index in [2.05, 4.69) is 25.1 Å². The molecule has 0 spiro atoms. The molecule has 2 aromatic rings. The largest absolute Gasteiger partial charge is 0.478 e. The highest BCUT2D eigenvalue weighted by molar-refractivity contribution is 7.98. The maximum atomic E-state index is 11.2. The number of hydrogen-bond donors (Lipinski definition) is 1. The van der Waals surface area contributed by atoms with Crippen molar-refractivity contribution in [1.29, 1.82) is 0 Å². The Morgan fingerprint density at radius 2 is 1.89 bits per heavy atom. The van der Waals surface area contributed by atoms with Crippen LogP contribution in [0.2, 0.25) is 0 Å². The van der Waals surface area contributed by atoms with Crippen molar-refractivity contribution in [3.63, 3.8) is 0 Å². The predicted molar refractivity (Wildman–Crippen MR) is 78.9 cm³/mol. The van der Waals surface area contributed by atoms with Gasteiger partial charge in [0.05, 0.1) is 5.56 Å². The zero-order valence-electron chi connectivity index (χ0n) is 11.0. The molecule has 0 radical (unpaired) electrons. The molecule has 0 fully saturated rings. The van der Waals surface area contributed by atoms with E-state index < -0.39 is 5.97 Å². The van der Waals surface area contributed by atoms with Crippen LogP contribution in [0.15, 0.2) is 47.4 Å². The van der Waals surface area contributed by atoms with Gasteiger partial charge in [0, 0.05) is 10.6 Å². The molecule has 0 aliphatic heterocycles. The van der Waals surface area contributed by atoms with E-state index >= 15 is 0 Å². The Morgan fingerprint density at radius 1 is 1.16 bits per heavy atom. The van der Waals surface area contributed by atoms with Crippen LogP contribution < -0.4 is 0 Å². The van der Waals surface area contributed by atoms with Crippen molar-refractivity contribution in [3.05, 3.63) is 64.7 Å². The fraction of sp³-hybridized carbons (Fsp3) is 0.188. The van der Waals surface area contributed by atoms with Gasteiger partial charge >= 0.3 is 5.97 Å². The third-order valence-corrected chi connectivity index (χ3v) is 4.22. The first-order valence-electron chi connectivity index (χ1n) is 6.09. The molecule has 19 heavy (non-hydrogen) atoms. The van der Waals surface area contributed by atoms with Gasteiger partial charge in [0.1, 0.15) is 0 Å². The van der Waals surface area contributed by atoms with Gasteiger partial charge in [-0.1, -0.05) is 42.0 Å². The van der Waals surface area contributed by atoms with E-state index in [4.69, 9.17) is 0 Å². The average molecular weight is 272 g/mol. The van der Waals surface area contributed by atoms with Gasteiger partial charge in [-0.05, 0) is 31.0 Å². The van der Waals surface area contributed by atoms with Gasteiger partial charge in [0.15, 0.2) is 0 Å². The fourth-order valence-corrected chi connectivity index (χ4v) is 3.07. The molecular formula is C16H16O2S.